The molecule has 0 saturated heterocycles. The van der Waals surface area contributed by atoms with Crippen molar-refractivity contribution in [2.24, 2.45) is 0 Å². The molecular formula is C25H24FN5OS. The van der Waals surface area contributed by atoms with Gasteiger partial charge >= 0.3 is 0 Å². The number of nitrogens with one attached hydrogen (secondary N) is 1. The average Bonchev–Trinajstić information content (AvgIpc) is 3.43. The maximum atomic E-state index is 13.4. The molecule has 0 atom stereocenters. The molecule has 2 aromatic heterocycles. The van der Waals surface area contributed by atoms with Crippen LogP contribution in [0.25, 0.3) is 16.9 Å². The molecule has 0 unspecified atom stereocenters. The number of nitrogens with zero attached hydrogens (tertiary/aromatic N) is 4. The van der Waals surface area contributed by atoms with Crippen LogP contribution in [0.2, 0.25) is 0 Å². The Morgan fingerprint density at radius 3 is 2.79 bits per heavy atom. The van der Waals surface area contributed by atoms with Crippen LogP contribution in [0.3, 0.4) is 0 Å². The van der Waals surface area contributed by atoms with Crippen LogP contribution in [0.1, 0.15) is 33.4 Å². The van der Waals surface area contributed by atoms with E-state index in [1.54, 1.807) is 23.0 Å². The van der Waals surface area contributed by atoms with E-state index in [9.17, 15) is 9.18 Å². The summed E-state index contributed by atoms with van der Waals surface area (Å²) in [7, 11) is 0. The van der Waals surface area contributed by atoms with Gasteiger partial charge < -0.3 is 0 Å². The van der Waals surface area contributed by atoms with Crippen molar-refractivity contribution in [2.75, 3.05) is 18.4 Å². The Hall–Kier alpha value is -3.36. The van der Waals surface area contributed by atoms with E-state index < -0.39 is 0 Å². The van der Waals surface area contributed by atoms with E-state index in [1.165, 1.54) is 28.3 Å². The molecule has 6 nitrogen and oxygen atoms in total. The molecule has 0 saturated carbocycles. The van der Waals surface area contributed by atoms with Crippen LogP contribution >= 0.6 is 11.3 Å². The number of hydrogen-bond acceptors (Lipinski definition) is 5. The smallest absolute Gasteiger partial charge is 0.261 e. The SMILES string of the molecule is CCN1CCc2nc(NC(=O)c3cn(-c4ccc(F)cc4)nc3-c3cccc(C)c3)sc2C1. The second-order valence-corrected chi connectivity index (χ2v) is 9.23. The van der Waals surface area contributed by atoms with Crippen LogP contribution in [-0.2, 0) is 13.0 Å². The van der Waals surface area contributed by atoms with Crippen molar-refractivity contribution < 1.29 is 9.18 Å². The first-order valence-electron chi connectivity index (χ1n) is 10.9. The average molecular weight is 462 g/mol. The highest BCUT2D eigenvalue weighted by molar-refractivity contribution is 7.15. The Morgan fingerprint density at radius 1 is 1.21 bits per heavy atom. The fraction of sp³-hybridized carbons (Fsp3) is 0.240. The Labute approximate surface area is 195 Å². The second kappa shape index (κ2) is 8.88. The zero-order valence-electron chi connectivity index (χ0n) is 18.5. The summed E-state index contributed by atoms with van der Waals surface area (Å²) in [6.45, 7) is 7.01. The lowest BCUT2D eigenvalue weighted by Crippen LogP contribution is -2.29. The number of amides is 1. The van der Waals surface area contributed by atoms with Gasteiger partial charge in [-0.2, -0.15) is 5.10 Å². The van der Waals surface area contributed by atoms with Crippen LogP contribution in [0.15, 0.2) is 54.7 Å². The molecule has 168 valence electrons. The third-order valence-corrected chi connectivity index (χ3v) is 6.82. The number of aromatic nitrogens is 3. The van der Waals surface area contributed by atoms with Crippen molar-refractivity contribution in [3.63, 3.8) is 0 Å². The summed E-state index contributed by atoms with van der Waals surface area (Å²) in [6.07, 6.45) is 2.58. The van der Waals surface area contributed by atoms with Gasteiger partial charge in [0.15, 0.2) is 5.13 Å². The van der Waals surface area contributed by atoms with Crippen LogP contribution in [-0.4, -0.2) is 38.7 Å². The van der Waals surface area contributed by atoms with Gasteiger partial charge in [-0.25, -0.2) is 14.1 Å². The Bertz CT molecular complexity index is 1310. The second-order valence-electron chi connectivity index (χ2n) is 8.14. The number of likely N-dealkylation sites (N-methyl/N-ethyl adjacent to an activating group) is 1. The minimum Gasteiger partial charge on any atom is -0.298 e. The summed E-state index contributed by atoms with van der Waals surface area (Å²) in [4.78, 5) is 21.6. The van der Waals surface area contributed by atoms with Gasteiger partial charge in [0.1, 0.15) is 11.5 Å². The van der Waals surface area contributed by atoms with E-state index in [-0.39, 0.29) is 11.7 Å². The highest BCUT2D eigenvalue weighted by Crippen LogP contribution is 2.30. The lowest BCUT2D eigenvalue weighted by Gasteiger charge is -2.23. The van der Waals surface area contributed by atoms with Gasteiger partial charge in [0, 0.05) is 36.1 Å². The van der Waals surface area contributed by atoms with E-state index in [0.717, 1.165) is 42.9 Å². The number of benzene rings is 2. The molecule has 8 heteroatoms. The molecule has 5 rings (SSSR count). The molecule has 1 amide bonds. The molecule has 0 radical (unpaired) electrons. The number of aryl methyl sites for hydroxylation is 1. The highest BCUT2D eigenvalue weighted by Gasteiger charge is 2.23. The fourth-order valence-corrected chi connectivity index (χ4v) is 5.05. The first kappa shape index (κ1) is 21.5. The molecule has 1 N–H and O–H groups in total. The predicted molar refractivity (Wildman–Crippen MR) is 128 cm³/mol. The highest BCUT2D eigenvalue weighted by atomic mass is 32.1. The van der Waals surface area contributed by atoms with E-state index in [4.69, 9.17) is 0 Å². The van der Waals surface area contributed by atoms with Gasteiger partial charge in [-0.15, -0.1) is 11.3 Å². The Balaban J connectivity index is 1.49. The van der Waals surface area contributed by atoms with Crippen LogP contribution in [0.4, 0.5) is 9.52 Å². The number of halogens is 1. The third kappa shape index (κ3) is 4.44. The molecule has 0 fully saturated rings. The quantitative estimate of drug-likeness (QED) is 0.451. The monoisotopic (exact) mass is 461 g/mol. The van der Waals surface area contributed by atoms with Crippen LogP contribution in [0, 0.1) is 12.7 Å². The van der Waals surface area contributed by atoms with Crippen molar-refractivity contribution in [1.29, 1.82) is 0 Å². The number of hydrogen-bond donors (Lipinski definition) is 1. The molecule has 4 aromatic rings. The number of thiazole rings is 1. The van der Waals surface area contributed by atoms with E-state index in [0.29, 0.717) is 22.1 Å². The summed E-state index contributed by atoms with van der Waals surface area (Å²) in [6, 6.07) is 13.9. The zero-order chi connectivity index (χ0) is 22.9. The molecule has 2 aromatic carbocycles. The van der Waals surface area contributed by atoms with Gasteiger partial charge in [-0.1, -0.05) is 30.7 Å². The van der Waals surface area contributed by atoms with Crippen LogP contribution < -0.4 is 5.32 Å². The first-order valence-corrected chi connectivity index (χ1v) is 11.8. The standard InChI is InChI=1S/C25H24FN5OS/c1-3-30-12-11-21-22(15-30)33-25(27-21)28-24(32)20-14-31(19-9-7-18(26)8-10-19)29-23(20)17-6-4-5-16(2)13-17/h4-10,13-14H,3,11-12,15H2,1-2H3,(H,27,28,32). The van der Waals surface area contributed by atoms with Gasteiger partial charge in [-0.3, -0.25) is 15.0 Å². The topological polar surface area (TPSA) is 63.1 Å². The number of anilines is 1. The lowest BCUT2D eigenvalue weighted by molar-refractivity contribution is 0.102. The summed E-state index contributed by atoms with van der Waals surface area (Å²) >= 11 is 1.53. The van der Waals surface area contributed by atoms with Crippen molar-refractivity contribution >= 4 is 22.4 Å². The molecule has 0 spiro atoms. The summed E-state index contributed by atoms with van der Waals surface area (Å²) < 4.78 is 15.0. The molecule has 1 aliphatic rings. The van der Waals surface area contributed by atoms with Crippen molar-refractivity contribution in [1.82, 2.24) is 19.7 Å². The Morgan fingerprint density at radius 2 is 2.03 bits per heavy atom. The van der Waals surface area contributed by atoms with Gasteiger partial charge in [0.25, 0.3) is 5.91 Å². The molecular weight excluding hydrogens is 437 g/mol. The van der Waals surface area contributed by atoms with Crippen molar-refractivity contribution in [3.8, 4) is 16.9 Å². The molecule has 33 heavy (non-hydrogen) atoms. The number of carbonyl (C=O) groups excluding carboxylic acids is 1. The maximum Gasteiger partial charge on any atom is 0.261 e. The number of carbonyl (C=O) groups is 1. The zero-order valence-corrected chi connectivity index (χ0v) is 19.3. The van der Waals surface area contributed by atoms with E-state index in [1.807, 2.05) is 31.2 Å². The summed E-state index contributed by atoms with van der Waals surface area (Å²) in [5.74, 6) is -0.588. The summed E-state index contributed by atoms with van der Waals surface area (Å²) in [5, 5.41) is 8.27. The van der Waals surface area contributed by atoms with Crippen molar-refractivity contribution in [3.05, 3.63) is 82.2 Å². The molecule has 0 aliphatic carbocycles. The van der Waals surface area contributed by atoms with E-state index >= 15 is 0 Å². The minimum absolute atomic E-state index is 0.265. The molecule has 0 bridgehead atoms. The lowest BCUT2D eigenvalue weighted by atomic mass is 10.1. The van der Waals surface area contributed by atoms with Gasteiger partial charge in [-0.05, 0) is 43.8 Å². The third-order valence-electron chi connectivity index (χ3n) is 5.82. The maximum absolute atomic E-state index is 13.4. The molecule has 3 heterocycles. The predicted octanol–water partition coefficient (Wildman–Crippen LogP) is 5.07. The molecule has 1 aliphatic heterocycles. The number of rotatable bonds is 5. The number of fused-ring (bicyclic) bond motifs is 1. The van der Waals surface area contributed by atoms with Gasteiger partial charge in [0.2, 0.25) is 0 Å². The largest absolute Gasteiger partial charge is 0.298 e. The van der Waals surface area contributed by atoms with Crippen LogP contribution in [0.5, 0.6) is 0 Å². The fourth-order valence-electron chi connectivity index (χ4n) is 4.01. The van der Waals surface area contributed by atoms with E-state index in [2.05, 4.69) is 27.2 Å². The summed E-state index contributed by atoms with van der Waals surface area (Å²) in [5.41, 5.74) is 4.67. The van der Waals surface area contributed by atoms with Gasteiger partial charge in [0.05, 0.1) is 16.9 Å². The van der Waals surface area contributed by atoms with Crippen molar-refractivity contribution in [2.45, 2.75) is 26.8 Å². The normalized spacial score (nSPS) is 13.7. The first-order chi connectivity index (χ1) is 16.0. The minimum atomic E-state index is -0.322. The Kier molecular flexibility index (Phi) is 5.78.